The molecule has 0 saturated heterocycles. The summed E-state index contributed by atoms with van der Waals surface area (Å²) >= 11 is 0. The fourth-order valence-electron chi connectivity index (χ4n) is 0.710. The molecular weight excluding hydrogens is 152 g/mol. The summed E-state index contributed by atoms with van der Waals surface area (Å²) in [6, 6.07) is 0. The van der Waals surface area contributed by atoms with E-state index in [2.05, 4.69) is 0 Å². The minimum absolute atomic E-state index is 0.0787. The molecule has 0 bridgehead atoms. The maximum atomic E-state index is 9.62. The Bertz CT molecular complexity index is 167. The summed E-state index contributed by atoms with van der Waals surface area (Å²) in [7, 11) is 0. The normalized spacial score (nSPS) is 15.8. The molecule has 12 heavy (non-hydrogen) atoms. The Kier molecular flexibility index (Phi) is 2.83. The summed E-state index contributed by atoms with van der Waals surface area (Å²) in [6.45, 7) is 11.2. The van der Waals surface area contributed by atoms with Crippen LogP contribution >= 0.6 is 0 Å². The quantitative estimate of drug-likeness (QED) is 0.550. The monoisotopic (exact) mass is 172 g/mol. The largest absolute Gasteiger partial charge is 0.508 e. The number of aliphatic hydroxyl groups excluding tert-OH is 2. The fourth-order valence-corrected chi connectivity index (χ4v) is 0.710. The van der Waals surface area contributed by atoms with E-state index in [-0.39, 0.29) is 22.3 Å². The van der Waals surface area contributed by atoms with E-state index in [0.717, 1.165) is 0 Å². The van der Waals surface area contributed by atoms with Gasteiger partial charge in [-0.25, -0.2) is 0 Å². The van der Waals surface area contributed by atoms with Crippen molar-refractivity contribution in [3.05, 3.63) is 11.5 Å². The molecule has 2 nitrogen and oxygen atoms in total. The van der Waals surface area contributed by atoms with Crippen molar-refractivity contribution >= 4 is 0 Å². The number of hydrogen-bond acceptors (Lipinski definition) is 2. The molecular formula is C10H20O2. The van der Waals surface area contributed by atoms with Crippen LogP contribution in [0.25, 0.3) is 0 Å². The van der Waals surface area contributed by atoms with Gasteiger partial charge in [-0.2, -0.15) is 0 Å². The minimum atomic E-state index is -0.378. The molecule has 0 aromatic heterocycles. The lowest BCUT2D eigenvalue weighted by Gasteiger charge is -2.25. The summed E-state index contributed by atoms with van der Waals surface area (Å²) in [5.41, 5.74) is -0.755. The smallest absolute Gasteiger partial charge is 0.135 e. The number of allylic oxidation sites excluding steroid dienone is 2. The second-order valence-corrected chi connectivity index (χ2v) is 5.20. The fraction of sp³-hybridized carbons (Fsp3) is 0.800. The highest BCUT2D eigenvalue weighted by atomic mass is 16.3. The van der Waals surface area contributed by atoms with Crippen molar-refractivity contribution in [1.29, 1.82) is 0 Å². The molecule has 0 aliphatic carbocycles. The molecule has 0 fully saturated rings. The van der Waals surface area contributed by atoms with Crippen molar-refractivity contribution in [2.45, 2.75) is 41.5 Å². The Morgan fingerprint density at radius 2 is 0.833 bits per heavy atom. The second-order valence-electron chi connectivity index (χ2n) is 5.20. The standard InChI is InChI=1S/C10H20O2/c1-9(2,3)7(11)8(12)10(4,5)6/h11-12H,1-6H3/b8-7-. The van der Waals surface area contributed by atoms with Gasteiger partial charge in [-0.1, -0.05) is 41.5 Å². The third-order valence-corrected chi connectivity index (χ3v) is 1.65. The van der Waals surface area contributed by atoms with E-state index in [1.807, 2.05) is 41.5 Å². The summed E-state index contributed by atoms with van der Waals surface area (Å²) in [6.07, 6.45) is 0. The molecule has 0 aromatic rings. The molecule has 0 rings (SSSR count). The van der Waals surface area contributed by atoms with E-state index in [1.165, 1.54) is 0 Å². The van der Waals surface area contributed by atoms with Gasteiger partial charge in [0.15, 0.2) is 0 Å². The first-order valence-electron chi connectivity index (χ1n) is 4.20. The average Bonchev–Trinajstić information content (AvgIpc) is 1.80. The van der Waals surface area contributed by atoms with Gasteiger partial charge < -0.3 is 10.2 Å². The highest BCUT2D eigenvalue weighted by molar-refractivity contribution is 5.11. The zero-order valence-corrected chi connectivity index (χ0v) is 8.89. The Morgan fingerprint density at radius 1 is 0.667 bits per heavy atom. The lowest BCUT2D eigenvalue weighted by atomic mass is 9.85. The van der Waals surface area contributed by atoms with Crippen molar-refractivity contribution < 1.29 is 10.2 Å². The van der Waals surface area contributed by atoms with Gasteiger partial charge in [0.2, 0.25) is 0 Å². The number of aliphatic hydroxyl groups is 2. The topological polar surface area (TPSA) is 40.5 Å². The minimum Gasteiger partial charge on any atom is -0.508 e. The van der Waals surface area contributed by atoms with Crippen LogP contribution in [0.3, 0.4) is 0 Å². The lowest BCUT2D eigenvalue weighted by molar-refractivity contribution is 0.187. The van der Waals surface area contributed by atoms with E-state index < -0.39 is 0 Å². The summed E-state index contributed by atoms with van der Waals surface area (Å²) in [4.78, 5) is 0. The molecule has 72 valence electrons. The first-order chi connectivity index (χ1) is 5.07. The summed E-state index contributed by atoms with van der Waals surface area (Å²) < 4.78 is 0. The van der Waals surface area contributed by atoms with Crippen LogP contribution in [-0.4, -0.2) is 10.2 Å². The van der Waals surface area contributed by atoms with E-state index in [0.29, 0.717) is 0 Å². The van der Waals surface area contributed by atoms with Gasteiger partial charge in [0, 0.05) is 10.8 Å². The molecule has 0 aliphatic heterocycles. The summed E-state index contributed by atoms with van der Waals surface area (Å²) in [5.74, 6) is 0.157. The predicted octanol–water partition coefficient (Wildman–Crippen LogP) is 3.41. The Labute approximate surface area is 74.9 Å². The molecule has 2 heteroatoms. The second kappa shape index (κ2) is 3.00. The van der Waals surface area contributed by atoms with E-state index >= 15 is 0 Å². The molecule has 2 N–H and O–H groups in total. The SMILES string of the molecule is CC(C)(C)/C(O)=C(/O)C(C)(C)C. The molecule has 0 aliphatic rings. The van der Waals surface area contributed by atoms with E-state index in [9.17, 15) is 10.2 Å². The first-order valence-corrected chi connectivity index (χ1v) is 4.20. The predicted molar refractivity (Wildman–Crippen MR) is 51.2 cm³/mol. The van der Waals surface area contributed by atoms with Crippen molar-refractivity contribution in [2.24, 2.45) is 10.8 Å². The lowest BCUT2D eigenvalue weighted by Crippen LogP contribution is -2.19. The molecule has 0 amide bonds. The van der Waals surface area contributed by atoms with Gasteiger partial charge in [0.05, 0.1) is 0 Å². The van der Waals surface area contributed by atoms with Crippen LogP contribution in [0.15, 0.2) is 11.5 Å². The number of hydrogen-bond donors (Lipinski definition) is 2. The summed E-state index contributed by atoms with van der Waals surface area (Å²) in [5, 5.41) is 19.2. The van der Waals surface area contributed by atoms with Crippen LogP contribution in [0, 0.1) is 10.8 Å². The van der Waals surface area contributed by atoms with Crippen molar-refractivity contribution in [2.75, 3.05) is 0 Å². The number of rotatable bonds is 0. The molecule has 0 saturated carbocycles. The zero-order valence-electron chi connectivity index (χ0n) is 8.89. The van der Waals surface area contributed by atoms with E-state index in [1.54, 1.807) is 0 Å². The van der Waals surface area contributed by atoms with Gasteiger partial charge in [0.25, 0.3) is 0 Å². The van der Waals surface area contributed by atoms with Crippen molar-refractivity contribution in [3.63, 3.8) is 0 Å². The third kappa shape index (κ3) is 2.76. The maximum Gasteiger partial charge on any atom is 0.135 e. The van der Waals surface area contributed by atoms with Crippen LogP contribution in [0.1, 0.15) is 41.5 Å². The molecule has 0 unspecified atom stereocenters. The van der Waals surface area contributed by atoms with Crippen molar-refractivity contribution in [3.8, 4) is 0 Å². The Balaban J connectivity index is 4.96. The molecule has 0 atom stereocenters. The van der Waals surface area contributed by atoms with Crippen LogP contribution < -0.4 is 0 Å². The van der Waals surface area contributed by atoms with Gasteiger partial charge >= 0.3 is 0 Å². The van der Waals surface area contributed by atoms with Crippen LogP contribution in [0.2, 0.25) is 0 Å². The third-order valence-electron chi connectivity index (χ3n) is 1.65. The first kappa shape index (κ1) is 11.3. The highest BCUT2D eigenvalue weighted by Gasteiger charge is 2.27. The molecule has 0 spiro atoms. The van der Waals surface area contributed by atoms with Crippen molar-refractivity contribution in [1.82, 2.24) is 0 Å². The van der Waals surface area contributed by atoms with Crippen LogP contribution in [0.5, 0.6) is 0 Å². The van der Waals surface area contributed by atoms with Gasteiger partial charge in [-0.3, -0.25) is 0 Å². The Morgan fingerprint density at radius 3 is 0.917 bits per heavy atom. The molecule has 0 aromatic carbocycles. The average molecular weight is 172 g/mol. The Hall–Kier alpha value is -0.660. The van der Waals surface area contributed by atoms with Gasteiger partial charge in [-0.15, -0.1) is 0 Å². The highest BCUT2D eigenvalue weighted by Crippen LogP contribution is 2.32. The molecule has 0 radical (unpaired) electrons. The van der Waals surface area contributed by atoms with E-state index in [4.69, 9.17) is 0 Å². The zero-order chi connectivity index (χ0) is 10.2. The van der Waals surface area contributed by atoms with Crippen LogP contribution in [0.4, 0.5) is 0 Å². The van der Waals surface area contributed by atoms with Gasteiger partial charge in [0.1, 0.15) is 11.5 Å². The van der Waals surface area contributed by atoms with Crippen LogP contribution in [-0.2, 0) is 0 Å². The maximum absolute atomic E-state index is 9.62. The van der Waals surface area contributed by atoms with Gasteiger partial charge in [-0.05, 0) is 0 Å². The molecule has 0 heterocycles.